The van der Waals surface area contributed by atoms with Gasteiger partial charge in [-0.1, -0.05) is 12.1 Å². The SMILES string of the molecule is CCOC(=O)C(F)[C@H](N)c1ccc(OC)c(C)c1.Cl. The number of rotatable bonds is 5. The highest BCUT2D eigenvalue weighted by atomic mass is 35.5. The molecule has 0 fully saturated rings. The zero-order valence-corrected chi connectivity index (χ0v) is 12.0. The summed E-state index contributed by atoms with van der Waals surface area (Å²) in [4.78, 5) is 11.3. The summed E-state index contributed by atoms with van der Waals surface area (Å²) in [6.07, 6.45) is -1.86. The fraction of sp³-hybridized carbons (Fsp3) is 0.462. The summed E-state index contributed by atoms with van der Waals surface area (Å²) >= 11 is 0. The summed E-state index contributed by atoms with van der Waals surface area (Å²) in [5, 5.41) is 0. The van der Waals surface area contributed by atoms with Crippen LogP contribution in [0.1, 0.15) is 24.1 Å². The molecular formula is C13H19ClFNO3. The van der Waals surface area contributed by atoms with Crippen LogP contribution in [0.2, 0.25) is 0 Å². The Bertz CT molecular complexity index is 428. The topological polar surface area (TPSA) is 61.5 Å². The molecule has 0 aliphatic heterocycles. The Morgan fingerprint density at radius 3 is 2.58 bits per heavy atom. The van der Waals surface area contributed by atoms with E-state index < -0.39 is 18.2 Å². The van der Waals surface area contributed by atoms with Gasteiger partial charge in [-0.15, -0.1) is 12.4 Å². The van der Waals surface area contributed by atoms with Gasteiger partial charge >= 0.3 is 5.97 Å². The highest BCUT2D eigenvalue weighted by Gasteiger charge is 2.27. The Kier molecular flexibility index (Phi) is 7.41. The predicted molar refractivity (Wildman–Crippen MR) is 73.4 cm³/mol. The summed E-state index contributed by atoms with van der Waals surface area (Å²) in [6.45, 7) is 3.58. The van der Waals surface area contributed by atoms with Gasteiger partial charge in [0.15, 0.2) is 0 Å². The van der Waals surface area contributed by atoms with Crippen LogP contribution in [0.25, 0.3) is 0 Å². The van der Waals surface area contributed by atoms with E-state index in [-0.39, 0.29) is 19.0 Å². The maximum Gasteiger partial charge on any atom is 0.342 e. The van der Waals surface area contributed by atoms with Crippen LogP contribution in [0.5, 0.6) is 5.75 Å². The van der Waals surface area contributed by atoms with Gasteiger partial charge in [0.25, 0.3) is 0 Å². The molecule has 0 aliphatic carbocycles. The molecule has 0 aromatic heterocycles. The van der Waals surface area contributed by atoms with Crippen molar-refractivity contribution in [1.82, 2.24) is 0 Å². The van der Waals surface area contributed by atoms with Crippen molar-refractivity contribution in [2.45, 2.75) is 26.1 Å². The third-order valence-electron chi connectivity index (χ3n) is 2.63. The Balaban J connectivity index is 0.00000324. The molecule has 0 amide bonds. The number of carbonyl (C=O) groups excluding carboxylic acids is 1. The van der Waals surface area contributed by atoms with E-state index in [2.05, 4.69) is 4.74 Å². The lowest BCUT2D eigenvalue weighted by atomic mass is 10.0. The van der Waals surface area contributed by atoms with E-state index >= 15 is 0 Å². The van der Waals surface area contributed by atoms with E-state index in [9.17, 15) is 9.18 Å². The minimum absolute atomic E-state index is 0. The zero-order chi connectivity index (χ0) is 13.7. The third kappa shape index (κ3) is 4.36. The summed E-state index contributed by atoms with van der Waals surface area (Å²) in [7, 11) is 1.55. The van der Waals surface area contributed by atoms with E-state index in [1.54, 1.807) is 32.2 Å². The summed E-state index contributed by atoms with van der Waals surface area (Å²) in [6, 6.07) is 4.01. The molecule has 2 atom stereocenters. The van der Waals surface area contributed by atoms with Crippen LogP contribution < -0.4 is 10.5 Å². The maximum absolute atomic E-state index is 13.7. The predicted octanol–water partition coefficient (Wildman–Crippen LogP) is 2.33. The van der Waals surface area contributed by atoms with Gasteiger partial charge in [-0.05, 0) is 31.0 Å². The number of nitrogens with two attached hydrogens (primary N) is 1. The van der Waals surface area contributed by atoms with Crippen molar-refractivity contribution in [3.05, 3.63) is 29.3 Å². The van der Waals surface area contributed by atoms with Crippen LogP contribution in [-0.2, 0) is 9.53 Å². The van der Waals surface area contributed by atoms with Gasteiger partial charge in [0.05, 0.1) is 19.8 Å². The van der Waals surface area contributed by atoms with Crippen LogP contribution in [-0.4, -0.2) is 25.9 Å². The molecular weight excluding hydrogens is 273 g/mol. The molecule has 6 heteroatoms. The molecule has 108 valence electrons. The monoisotopic (exact) mass is 291 g/mol. The van der Waals surface area contributed by atoms with E-state index in [0.29, 0.717) is 11.3 Å². The van der Waals surface area contributed by atoms with Crippen LogP contribution >= 0.6 is 12.4 Å². The first-order chi connectivity index (χ1) is 8.51. The van der Waals surface area contributed by atoms with E-state index in [0.717, 1.165) is 5.56 Å². The largest absolute Gasteiger partial charge is 0.496 e. The van der Waals surface area contributed by atoms with E-state index in [4.69, 9.17) is 10.5 Å². The number of aryl methyl sites for hydroxylation is 1. The molecule has 0 heterocycles. The number of benzene rings is 1. The fourth-order valence-electron chi connectivity index (χ4n) is 1.65. The average Bonchev–Trinajstić information content (AvgIpc) is 2.37. The van der Waals surface area contributed by atoms with Crippen LogP contribution in [0.4, 0.5) is 4.39 Å². The molecule has 1 rings (SSSR count). The van der Waals surface area contributed by atoms with Gasteiger partial charge in [-0.25, -0.2) is 9.18 Å². The molecule has 1 unspecified atom stereocenters. The lowest BCUT2D eigenvalue weighted by Crippen LogP contribution is -2.31. The fourth-order valence-corrected chi connectivity index (χ4v) is 1.65. The van der Waals surface area contributed by atoms with Gasteiger partial charge in [-0.2, -0.15) is 0 Å². The van der Waals surface area contributed by atoms with Gasteiger partial charge < -0.3 is 15.2 Å². The normalized spacial score (nSPS) is 13.1. The summed E-state index contributed by atoms with van der Waals surface area (Å²) < 4.78 is 23.4. The van der Waals surface area contributed by atoms with Crippen molar-refractivity contribution in [3.8, 4) is 5.75 Å². The van der Waals surface area contributed by atoms with Crippen molar-refractivity contribution in [3.63, 3.8) is 0 Å². The first-order valence-corrected chi connectivity index (χ1v) is 5.72. The average molecular weight is 292 g/mol. The second-order valence-electron chi connectivity index (χ2n) is 3.91. The smallest absolute Gasteiger partial charge is 0.342 e. The van der Waals surface area contributed by atoms with Gasteiger partial charge in [0.1, 0.15) is 5.75 Å². The van der Waals surface area contributed by atoms with E-state index in [1.165, 1.54) is 0 Å². The minimum atomic E-state index is -1.86. The minimum Gasteiger partial charge on any atom is -0.496 e. The molecule has 19 heavy (non-hydrogen) atoms. The number of methoxy groups -OCH3 is 1. The number of alkyl halides is 1. The molecule has 1 aromatic rings. The number of hydrogen-bond donors (Lipinski definition) is 1. The molecule has 2 N–H and O–H groups in total. The Hall–Kier alpha value is -1.33. The first kappa shape index (κ1) is 17.7. The number of ether oxygens (including phenoxy) is 2. The first-order valence-electron chi connectivity index (χ1n) is 5.72. The second kappa shape index (κ2) is 7.96. The van der Waals surface area contributed by atoms with Crippen molar-refractivity contribution in [1.29, 1.82) is 0 Å². The zero-order valence-electron chi connectivity index (χ0n) is 11.2. The Morgan fingerprint density at radius 2 is 2.11 bits per heavy atom. The van der Waals surface area contributed by atoms with Crippen molar-refractivity contribution in [2.75, 3.05) is 13.7 Å². The Labute approximate surface area is 118 Å². The highest BCUT2D eigenvalue weighted by Crippen LogP contribution is 2.24. The third-order valence-corrected chi connectivity index (χ3v) is 2.63. The van der Waals surface area contributed by atoms with E-state index in [1.807, 2.05) is 6.92 Å². The highest BCUT2D eigenvalue weighted by molar-refractivity contribution is 5.85. The van der Waals surface area contributed by atoms with Gasteiger partial charge in [-0.3, -0.25) is 0 Å². The van der Waals surface area contributed by atoms with Crippen molar-refractivity contribution >= 4 is 18.4 Å². The number of esters is 1. The maximum atomic E-state index is 13.7. The Morgan fingerprint density at radius 1 is 1.47 bits per heavy atom. The molecule has 0 aliphatic rings. The van der Waals surface area contributed by atoms with Gasteiger partial charge in [0, 0.05) is 0 Å². The lowest BCUT2D eigenvalue weighted by Gasteiger charge is -2.17. The number of carbonyl (C=O) groups is 1. The summed E-state index contributed by atoms with van der Waals surface area (Å²) in [5.41, 5.74) is 7.08. The molecule has 0 spiro atoms. The van der Waals surface area contributed by atoms with Crippen molar-refractivity contribution in [2.24, 2.45) is 5.73 Å². The molecule has 0 saturated carbocycles. The molecule has 0 saturated heterocycles. The van der Waals surface area contributed by atoms with Crippen LogP contribution in [0.15, 0.2) is 18.2 Å². The number of hydrogen-bond acceptors (Lipinski definition) is 4. The van der Waals surface area contributed by atoms with Crippen molar-refractivity contribution < 1.29 is 18.7 Å². The molecule has 4 nitrogen and oxygen atoms in total. The lowest BCUT2D eigenvalue weighted by molar-refractivity contribution is -0.149. The van der Waals surface area contributed by atoms with Crippen LogP contribution in [0, 0.1) is 6.92 Å². The summed E-state index contributed by atoms with van der Waals surface area (Å²) in [5.74, 6) is -0.240. The van der Waals surface area contributed by atoms with Crippen LogP contribution in [0.3, 0.4) is 0 Å². The molecule has 0 bridgehead atoms. The van der Waals surface area contributed by atoms with Gasteiger partial charge in [0.2, 0.25) is 6.17 Å². The molecule has 1 aromatic carbocycles. The standard InChI is InChI=1S/C13H18FNO3.ClH/c1-4-18-13(16)11(14)12(15)9-5-6-10(17-3)8(2)7-9;/h5-7,11-12H,4,15H2,1-3H3;1H/t11?,12-;/m1./s1. The quantitative estimate of drug-likeness (QED) is 0.846. The second-order valence-corrected chi connectivity index (χ2v) is 3.91. The molecule has 0 radical (unpaired) electrons. The number of halogens is 2.